The molecule has 0 aliphatic rings. The lowest BCUT2D eigenvalue weighted by molar-refractivity contribution is -0.137. The first-order chi connectivity index (χ1) is 8.93. The van der Waals surface area contributed by atoms with Crippen LogP contribution in [-0.4, -0.2) is 28.5 Å². The van der Waals surface area contributed by atoms with Gasteiger partial charge in [-0.1, -0.05) is 23.7 Å². The first kappa shape index (κ1) is 15.9. The van der Waals surface area contributed by atoms with E-state index in [1.807, 2.05) is 6.26 Å². The molecule has 0 aliphatic carbocycles. The molecule has 1 aromatic carbocycles. The third kappa shape index (κ3) is 5.12. The molecule has 4 nitrogen and oxygen atoms in total. The van der Waals surface area contributed by atoms with Crippen molar-refractivity contribution in [3.05, 3.63) is 34.9 Å². The van der Waals surface area contributed by atoms with Gasteiger partial charge in [-0.05, 0) is 30.9 Å². The fourth-order valence-corrected chi connectivity index (χ4v) is 1.93. The first-order valence-electron chi connectivity index (χ1n) is 5.74. The van der Waals surface area contributed by atoms with Gasteiger partial charge in [0.1, 0.15) is 0 Å². The minimum absolute atomic E-state index is 0.158. The summed E-state index contributed by atoms with van der Waals surface area (Å²) in [4.78, 5) is 22.7. The molecule has 0 radical (unpaired) electrons. The number of aliphatic carboxylic acids is 1. The van der Waals surface area contributed by atoms with E-state index in [9.17, 15) is 9.59 Å². The van der Waals surface area contributed by atoms with E-state index < -0.39 is 12.0 Å². The van der Waals surface area contributed by atoms with Gasteiger partial charge in [-0.2, -0.15) is 11.8 Å². The van der Waals surface area contributed by atoms with Crippen molar-refractivity contribution in [1.82, 2.24) is 5.32 Å². The van der Waals surface area contributed by atoms with E-state index in [1.165, 1.54) is 11.8 Å². The molecule has 1 amide bonds. The van der Waals surface area contributed by atoms with E-state index >= 15 is 0 Å². The zero-order valence-electron chi connectivity index (χ0n) is 10.7. The number of carboxylic acid groups (broad SMARTS) is 1. The minimum Gasteiger partial charge on any atom is -0.481 e. The summed E-state index contributed by atoms with van der Waals surface area (Å²) in [6, 6.07) is 6.25. The lowest BCUT2D eigenvalue weighted by Crippen LogP contribution is -2.35. The van der Waals surface area contributed by atoms with E-state index in [0.29, 0.717) is 5.02 Å². The molecule has 0 saturated carbocycles. The van der Waals surface area contributed by atoms with Gasteiger partial charge in [0.05, 0.1) is 17.7 Å². The number of halogens is 1. The van der Waals surface area contributed by atoms with Crippen LogP contribution in [0.25, 0.3) is 0 Å². The van der Waals surface area contributed by atoms with Crippen molar-refractivity contribution in [1.29, 1.82) is 0 Å². The number of carboxylic acids is 1. The Morgan fingerprint density at radius 2 is 1.95 bits per heavy atom. The molecule has 1 aromatic rings. The van der Waals surface area contributed by atoms with Crippen molar-refractivity contribution in [3.63, 3.8) is 0 Å². The van der Waals surface area contributed by atoms with Crippen molar-refractivity contribution >= 4 is 35.2 Å². The maximum absolute atomic E-state index is 11.9. The number of rotatable bonds is 6. The molecule has 0 aliphatic heterocycles. The number of carbonyl (C=O) groups excluding carboxylic acids is 1. The third-order valence-corrected chi connectivity index (χ3v) is 3.86. The summed E-state index contributed by atoms with van der Waals surface area (Å²) in [6.45, 7) is 1.78. The molecule has 0 spiro atoms. The molecule has 6 heteroatoms. The smallest absolute Gasteiger partial charge is 0.305 e. The molecule has 0 aromatic heterocycles. The summed E-state index contributed by atoms with van der Waals surface area (Å²) in [7, 11) is 0. The molecule has 0 fully saturated rings. The van der Waals surface area contributed by atoms with Crippen LogP contribution in [0, 0.1) is 0 Å². The largest absolute Gasteiger partial charge is 0.481 e. The third-order valence-electron chi connectivity index (χ3n) is 2.69. The lowest BCUT2D eigenvalue weighted by Gasteiger charge is -2.19. The molecule has 1 unspecified atom stereocenters. The Morgan fingerprint density at radius 3 is 2.42 bits per heavy atom. The van der Waals surface area contributed by atoms with Gasteiger partial charge in [-0.25, -0.2) is 0 Å². The van der Waals surface area contributed by atoms with Crippen LogP contribution in [0.2, 0.25) is 5.02 Å². The number of hydrogen-bond donors (Lipinski definition) is 2. The predicted molar refractivity (Wildman–Crippen MR) is 77.6 cm³/mol. The average Bonchev–Trinajstić information content (AvgIpc) is 2.37. The van der Waals surface area contributed by atoms with Crippen LogP contribution in [0.3, 0.4) is 0 Å². The highest BCUT2D eigenvalue weighted by Crippen LogP contribution is 2.20. The molecular weight excluding hydrogens is 286 g/mol. The summed E-state index contributed by atoms with van der Waals surface area (Å²) in [5.74, 6) is -1.13. The quantitative estimate of drug-likeness (QED) is 0.848. The molecule has 2 atom stereocenters. The molecule has 0 saturated heterocycles. The molecule has 104 valence electrons. The highest BCUT2D eigenvalue weighted by molar-refractivity contribution is 7.99. The maximum Gasteiger partial charge on any atom is 0.305 e. The van der Waals surface area contributed by atoms with Crippen molar-refractivity contribution in [3.8, 4) is 0 Å². The molecule has 2 N–H and O–H groups in total. The van der Waals surface area contributed by atoms with Crippen LogP contribution < -0.4 is 5.32 Å². The Balaban J connectivity index is 2.85. The van der Waals surface area contributed by atoms with Gasteiger partial charge < -0.3 is 10.4 Å². The van der Waals surface area contributed by atoms with Crippen LogP contribution in [-0.2, 0) is 9.59 Å². The van der Waals surface area contributed by atoms with Gasteiger partial charge in [0, 0.05) is 5.02 Å². The monoisotopic (exact) mass is 301 g/mol. The molecule has 1 rings (SSSR count). The Labute approximate surface area is 121 Å². The fraction of sp³-hybridized carbons (Fsp3) is 0.385. The highest BCUT2D eigenvalue weighted by atomic mass is 35.5. The first-order valence-corrected chi connectivity index (χ1v) is 7.41. The second-order valence-corrected chi connectivity index (χ2v) is 5.70. The van der Waals surface area contributed by atoms with Gasteiger partial charge in [-0.3, -0.25) is 9.59 Å². The zero-order chi connectivity index (χ0) is 14.4. The van der Waals surface area contributed by atoms with E-state index in [0.717, 1.165) is 5.56 Å². The number of carbonyl (C=O) groups is 2. The number of hydrogen-bond acceptors (Lipinski definition) is 3. The zero-order valence-corrected chi connectivity index (χ0v) is 12.3. The Kier molecular flexibility index (Phi) is 6.18. The normalized spacial score (nSPS) is 13.6. The fourth-order valence-electron chi connectivity index (χ4n) is 1.52. The Bertz CT molecular complexity index is 450. The second-order valence-electron chi connectivity index (χ2n) is 4.09. The van der Waals surface area contributed by atoms with Gasteiger partial charge in [-0.15, -0.1) is 0 Å². The minimum atomic E-state index is -0.961. The standard InChI is InChI=1S/C13H16ClNO3S/c1-8(19-2)13(18)15-11(7-12(16)17)9-3-5-10(14)6-4-9/h3-6,8,11H,7H2,1-2H3,(H,15,18)(H,16,17)/t8?,11-/m0/s1. The molecule has 0 heterocycles. The predicted octanol–water partition coefficient (Wildman–Crippen LogP) is 2.72. The summed E-state index contributed by atoms with van der Waals surface area (Å²) < 4.78 is 0. The summed E-state index contributed by atoms with van der Waals surface area (Å²) in [5.41, 5.74) is 0.730. The topological polar surface area (TPSA) is 66.4 Å². The van der Waals surface area contributed by atoms with Gasteiger partial charge in [0.2, 0.25) is 5.91 Å². The number of thioether (sulfide) groups is 1. The SMILES string of the molecule is CSC(C)C(=O)N[C@@H](CC(=O)O)c1ccc(Cl)cc1. The van der Waals surface area contributed by atoms with E-state index in [4.69, 9.17) is 16.7 Å². The van der Waals surface area contributed by atoms with Crippen LogP contribution in [0.1, 0.15) is 24.9 Å². The summed E-state index contributed by atoms with van der Waals surface area (Å²) in [5, 5.41) is 12.0. The number of amides is 1. The van der Waals surface area contributed by atoms with Crippen molar-refractivity contribution in [2.24, 2.45) is 0 Å². The van der Waals surface area contributed by atoms with Crippen molar-refractivity contribution in [2.75, 3.05) is 6.26 Å². The van der Waals surface area contributed by atoms with Crippen LogP contribution >= 0.6 is 23.4 Å². The van der Waals surface area contributed by atoms with Crippen LogP contribution in [0.4, 0.5) is 0 Å². The maximum atomic E-state index is 11.9. The van der Waals surface area contributed by atoms with Crippen molar-refractivity contribution in [2.45, 2.75) is 24.6 Å². The Hall–Kier alpha value is -1.20. The van der Waals surface area contributed by atoms with Crippen LogP contribution in [0.15, 0.2) is 24.3 Å². The second kappa shape index (κ2) is 7.40. The van der Waals surface area contributed by atoms with E-state index in [2.05, 4.69) is 5.32 Å². The molecule has 0 bridgehead atoms. The van der Waals surface area contributed by atoms with Crippen molar-refractivity contribution < 1.29 is 14.7 Å². The Morgan fingerprint density at radius 1 is 1.37 bits per heavy atom. The summed E-state index contributed by atoms with van der Waals surface area (Å²) in [6.07, 6.45) is 1.67. The number of nitrogens with one attached hydrogen (secondary N) is 1. The number of benzene rings is 1. The van der Waals surface area contributed by atoms with Crippen LogP contribution in [0.5, 0.6) is 0 Å². The van der Waals surface area contributed by atoms with E-state index in [-0.39, 0.29) is 17.6 Å². The van der Waals surface area contributed by atoms with E-state index in [1.54, 1.807) is 31.2 Å². The van der Waals surface area contributed by atoms with Gasteiger partial charge in [0.15, 0.2) is 0 Å². The molecular formula is C13H16ClNO3S. The van der Waals surface area contributed by atoms with Gasteiger partial charge in [0.25, 0.3) is 0 Å². The molecule has 19 heavy (non-hydrogen) atoms. The van der Waals surface area contributed by atoms with Gasteiger partial charge >= 0.3 is 5.97 Å². The highest BCUT2D eigenvalue weighted by Gasteiger charge is 2.20. The average molecular weight is 302 g/mol. The summed E-state index contributed by atoms with van der Waals surface area (Å²) >= 11 is 7.20. The lowest BCUT2D eigenvalue weighted by atomic mass is 10.0.